The van der Waals surface area contributed by atoms with E-state index in [0.717, 1.165) is 10.9 Å². The van der Waals surface area contributed by atoms with E-state index in [1.54, 1.807) is 0 Å². The minimum absolute atomic E-state index is 0.115. The molecule has 2 aromatic heterocycles. The number of rotatable bonds is 2. The standard InChI is InChI=1S/C9H8F3N5O/c1-18-8-6(13)4-5(9(10,11)12)7(16-8)17-14-2-3-15-17/h2-4H,13H2,1H3. The Morgan fingerprint density at radius 2 is 1.89 bits per heavy atom. The van der Waals surface area contributed by atoms with Gasteiger partial charge in [0.25, 0.3) is 0 Å². The fourth-order valence-corrected chi connectivity index (χ4v) is 1.35. The molecule has 9 heteroatoms. The fourth-order valence-electron chi connectivity index (χ4n) is 1.35. The lowest BCUT2D eigenvalue weighted by Gasteiger charge is -2.13. The molecule has 0 bridgehead atoms. The second-order valence-electron chi connectivity index (χ2n) is 3.27. The number of aromatic nitrogens is 4. The van der Waals surface area contributed by atoms with Crippen LogP contribution in [0.2, 0.25) is 0 Å². The molecule has 2 N–H and O–H groups in total. The highest BCUT2D eigenvalue weighted by Gasteiger charge is 2.36. The number of nitrogens with two attached hydrogens (primary N) is 1. The number of nitrogen functional groups attached to an aromatic ring is 1. The summed E-state index contributed by atoms with van der Waals surface area (Å²) in [6.07, 6.45) is -2.13. The lowest BCUT2D eigenvalue weighted by atomic mass is 10.2. The Balaban J connectivity index is 2.68. The number of alkyl halides is 3. The van der Waals surface area contributed by atoms with Gasteiger partial charge in [-0.3, -0.25) is 0 Å². The third-order valence-corrected chi connectivity index (χ3v) is 2.10. The molecule has 2 heterocycles. The summed E-state index contributed by atoms with van der Waals surface area (Å²) < 4.78 is 43.3. The average Bonchev–Trinajstić information content (AvgIpc) is 2.81. The Morgan fingerprint density at radius 3 is 2.39 bits per heavy atom. The summed E-state index contributed by atoms with van der Waals surface area (Å²) in [7, 11) is 1.26. The number of nitrogens with zero attached hydrogens (tertiary/aromatic N) is 4. The summed E-state index contributed by atoms with van der Waals surface area (Å²) in [5, 5.41) is 7.22. The second kappa shape index (κ2) is 4.17. The van der Waals surface area contributed by atoms with Gasteiger partial charge in [0.2, 0.25) is 5.88 Å². The first-order valence-electron chi connectivity index (χ1n) is 4.72. The zero-order valence-corrected chi connectivity index (χ0v) is 9.14. The molecule has 0 unspecified atom stereocenters. The Bertz CT molecular complexity index is 552. The molecule has 2 rings (SSSR count). The molecule has 0 saturated heterocycles. The summed E-state index contributed by atoms with van der Waals surface area (Å²) >= 11 is 0. The molecule has 0 amide bonds. The van der Waals surface area contributed by atoms with Crippen LogP contribution in [0, 0.1) is 0 Å². The molecule has 96 valence electrons. The number of hydrogen-bond donors (Lipinski definition) is 1. The molecule has 0 spiro atoms. The highest BCUT2D eigenvalue weighted by molar-refractivity contribution is 5.55. The normalized spacial score (nSPS) is 11.6. The number of ether oxygens (including phenoxy) is 1. The molecule has 0 fully saturated rings. The molecule has 0 radical (unpaired) electrons. The molecule has 0 atom stereocenters. The molecule has 0 aliphatic carbocycles. The highest BCUT2D eigenvalue weighted by atomic mass is 19.4. The van der Waals surface area contributed by atoms with E-state index >= 15 is 0 Å². The van der Waals surface area contributed by atoms with Gasteiger partial charge in [-0.05, 0) is 6.07 Å². The summed E-state index contributed by atoms with van der Waals surface area (Å²) in [6.45, 7) is 0. The van der Waals surface area contributed by atoms with Gasteiger partial charge < -0.3 is 10.5 Å². The molecule has 6 nitrogen and oxygen atoms in total. The monoisotopic (exact) mass is 259 g/mol. The van der Waals surface area contributed by atoms with E-state index in [9.17, 15) is 13.2 Å². The lowest BCUT2D eigenvalue weighted by molar-refractivity contribution is -0.137. The predicted molar refractivity (Wildman–Crippen MR) is 55.1 cm³/mol. The third kappa shape index (κ3) is 2.06. The van der Waals surface area contributed by atoms with Gasteiger partial charge in [0.1, 0.15) is 5.56 Å². The lowest BCUT2D eigenvalue weighted by Crippen LogP contribution is -2.15. The van der Waals surface area contributed by atoms with Crippen LogP contribution in [0.1, 0.15) is 5.56 Å². The Hall–Kier alpha value is -2.32. The quantitative estimate of drug-likeness (QED) is 0.878. The number of hydrogen-bond acceptors (Lipinski definition) is 5. The summed E-state index contributed by atoms with van der Waals surface area (Å²) in [5.41, 5.74) is 4.18. The first kappa shape index (κ1) is 12.1. The van der Waals surface area contributed by atoms with Gasteiger partial charge in [0.05, 0.1) is 25.2 Å². The zero-order chi connectivity index (χ0) is 13.3. The van der Waals surface area contributed by atoms with E-state index in [0.29, 0.717) is 0 Å². The Labute approximate surface area is 99.2 Å². The largest absolute Gasteiger partial charge is 0.479 e. The van der Waals surface area contributed by atoms with Gasteiger partial charge in [-0.15, -0.1) is 4.80 Å². The molecule has 18 heavy (non-hydrogen) atoms. The van der Waals surface area contributed by atoms with E-state index in [-0.39, 0.29) is 11.6 Å². The van der Waals surface area contributed by atoms with Crippen LogP contribution < -0.4 is 10.5 Å². The third-order valence-electron chi connectivity index (χ3n) is 2.10. The van der Waals surface area contributed by atoms with Crippen molar-refractivity contribution in [1.82, 2.24) is 20.0 Å². The summed E-state index contributed by atoms with van der Waals surface area (Å²) in [4.78, 5) is 4.43. The van der Waals surface area contributed by atoms with Gasteiger partial charge in [0, 0.05) is 0 Å². The van der Waals surface area contributed by atoms with Crippen molar-refractivity contribution in [3.8, 4) is 11.7 Å². The molecular weight excluding hydrogens is 251 g/mol. The molecule has 0 aromatic carbocycles. The topological polar surface area (TPSA) is 78.8 Å². The van der Waals surface area contributed by atoms with Crippen LogP contribution in [0.3, 0.4) is 0 Å². The minimum Gasteiger partial charge on any atom is -0.479 e. The predicted octanol–water partition coefficient (Wildman–Crippen LogP) is 1.27. The maximum Gasteiger partial charge on any atom is 0.420 e. The van der Waals surface area contributed by atoms with Crippen molar-refractivity contribution in [3.63, 3.8) is 0 Å². The molecule has 0 aliphatic heterocycles. The van der Waals surface area contributed by atoms with Crippen molar-refractivity contribution < 1.29 is 17.9 Å². The van der Waals surface area contributed by atoms with E-state index in [4.69, 9.17) is 10.5 Å². The average molecular weight is 259 g/mol. The van der Waals surface area contributed by atoms with Crippen molar-refractivity contribution >= 4 is 5.69 Å². The van der Waals surface area contributed by atoms with Crippen molar-refractivity contribution in [1.29, 1.82) is 0 Å². The first-order chi connectivity index (χ1) is 8.43. The van der Waals surface area contributed by atoms with Crippen molar-refractivity contribution in [2.75, 3.05) is 12.8 Å². The van der Waals surface area contributed by atoms with Crippen LogP contribution in [0.25, 0.3) is 5.82 Å². The van der Waals surface area contributed by atoms with E-state index in [1.165, 1.54) is 19.5 Å². The van der Waals surface area contributed by atoms with E-state index in [1.807, 2.05) is 0 Å². The van der Waals surface area contributed by atoms with E-state index < -0.39 is 17.6 Å². The van der Waals surface area contributed by atoms with Gasteiger partial charge in [-0.25, -0.2) is 0 Å². The van der Waals surface area contributed by atoms with Crippen molar-refractivity contribution in [2.24, 2.45) is 0 Å². The highest BCUT2D eigenvalue weighted by Crippen LogP contribution is 2.36. The minimum atomic E-state index is -4.61. The van der Waals surface area contributed by atoms with Gasteiger partial charge >= 0.3 is 6.18 Å². The van der Waals surface area contributed by atoms with Gasteiger partial charge in [-0.1, -0.05) is 0 Å². The number of anilines is 1. The molecule has 0 saturated carbocycles. The second-order valence-corrected chi connectivity index (χ2v) is 3.27. The van der Waals surface area contributed by atoms with Crippen LogP contribution in [0.15, 0.2) is 18.5 Å². The number of pyridine rings is 1. The van der Waals surface area contributed by atoms with Crippen LogP contribution in [-0.2, 0) is 6.18 Å². The smallest absolute Gasteiger partial charge is 0.420 e. The Morgan fingerprint density at radius 1 is 1.28 bits per heavy atom. The summed E-state index contributed by atoms with van der Waals surface area (Å²) in [6, 6.07) is 0.741. The van der Waals surface area contributed by atoms with E-state index in [2.05, 4.69) is 15.2 Å². The van der Waals surface area contributed by atoms with Crippen molar-refractivity contribution in [3.05, 3.63) is 24.0 Å². The maximum atomic E-state index is 12.9. The first-order valence-corrected chi connectivity index (χ1v) is 4.72. The SMILES string of the molecule is COc1nc(-n2nccn2)c(C(F)(F)F)cc1N. The molecule has 0 aliphatic rings. The number of halogens is 3. The Kier molecular flexibility index (Phi) is 2.81. The van der Waals surface area contributed by atoms with Crippen LogP contribution in [-0.4, -0.2) is 27.1 Å². The van der Waals surface area contributed by atoms with Crippen molar-refractivity contribution in [2.45, 2.75) is 6.18 Å². The van der Waals surface area contributed by atoms with Crippen LogP contribution in [0.4, 0.5) is 18.9 Å². The van der Waals surface area contributed by atoms with Crippen LogP contribution in [0.5, 0.6) is 5.88 Å². The fraction of sp³-hybridized carbons (Fsp3) is 0.222. The van der Waals surface area contributed by atoms with Gasteiger partial charge in [-0.2, -0.15) is 28.4 Å². The number of methoxy groups -OCH3 is 1. The van der Waals surface area contributed by atoms with Gasteiger partial charge in [0.15, 0.2) is 5.82 Å². The maximum absolute atomic E-state index is 12.9. The summed E-state index contributed by atoms with van der Waals surface area (Å²) in [5.74, 6) is -0.603. The van der Waals surface area contributed by atoms with Crippen LogP contribution >= 0.6 is 0 Å². The zero-order valence-electron chi connectivity index (χ0n) is 9.14. The molecule has 2 aromatic rings. The molecular formula is C9H8F3N5O.